The van der Waals surface area contributed by atoms with Crippen molar-refractivity contribution in [2.75, 3.05) is 12.8 Å². The molecule has 1 saturated heterocycles. The van der Waals surface area contributed by atoms with E-state index in [0.717, 1.165) is 24.2 Å². The van der Waals surface area contributed by atoms with Gasteiger partial charge in [0.05, 0.1) is 18.0 Å². The topological polar surface area (TPSA) is 50.3 Å². The van der Waals surface area contributed by atoms with Crippen LogP contribution in [0.25, 0.3) is 0 Å². The summed E-state index contributed by atoms with van der Waals surface area (Å²) in [5, 5.41) is 0. The highest BCUT2D eigenvalue weighted by molar-refractivity contribution is 7.88. The van der Waals surface area contributed by atoms with Gasteiger partial charge in [0.25, 0.3) is 0 Å². The minimum absolute atomic E-state index is 0.217. The molecule has 0 amide bonds. The maximum atomic E-state index is 13.8. The lowest BCUT2D eigenvalue weighted by Gasteiger charge is -2.22. The number of rotatable bonds is 4. The molecule has 0 saturated carbocycles. The first-order valence-corrected chi connectivity index (χ1v) is 9.46. The Labute approximate surface area is 136 Å². The SMILES string of the molecule is CS(=O)(=O)N1CCC[C@@H]1c1cccc(Cc2ccccc2F)n1. The average Bonchev–Trinajstić information content (AvgIpc) is 3.00. The Morgan fingerprint density at radius 1 is 1.22 bits per heavy atom. The second-order valence-electron chi connectivity index (χ2n) is 5.85. The van der Waals surface area contributed by atoms with E-state index in [1.165, 1.54) is 16.6 Å². The monoisotopic (exact) mass is 334 g/mol. The predicted octanol–water partition coefficient (Wildman–Crippen LogP) is 2.91. The molecule has 0 aliphatic carbocycles. The van der Waals surface area contributed by atoms with E-state index < -0.39 is 10.0 Å². The first-order chi connectivity index (χ1) is 10.9. The lowest BCUT2D eigenvalue weighted by atomic mass is 10.1. The van der Waals surface area contributed by atoms with Crippen LogP contribution in [0.1, 0.15) is 35.8 Å². The van der Waals surface area contributed by atoms with Crippen molar-refractivity contribution in [3.8, 4) is 0 Å². The number of hydrogen-bond acceptors (Lipinski definition) is 3. The van der Waals surface area contributed by atoms with E-state index in [4.69, 9.17) is 0 Å². The molecule has 1 fully saturated rings. The molecule has 0 radical (unpaired) electrons. The molecule has 0 unspecified atom stereocenters. The van der Waals surface area contributed by atoms with Gasteiger partial charge in [-0.2, -0.15) is 4.31 Å². The Kier molecular flexibility index (Phi) is 4.46. The van der Waals surface area contributed by atoms with E-state index in [2.05, 4.69) is 4.98 Å². The van der Waals surface area contributed by atoms with Crippen molar-refractivity contribution in [1.29, 1.82) is 0 Å². The summed E-state index contributed by atoms with van der Waals surface area (Å²) in [5.74, 6) is -0.252. The van der Waals surface area contributed by atoms with Crippen molar-refractivity contribution in [2.24, 2.45) is 0 Å². The number of aromatic nitrogens is 1. The minimum Gasteiger partial charge on any atom is -0.256 e. The Bertz CT molecular complexity index is 808. The summed E-state index contributed by atoms with van der Waals surface area (Å²) in [5.41, 5.74) is 2.07. The summed E-state index contributed by atoms with van der Waals surface area (Å²) >= 11 is 0. The molecule has 23 heavy (non-hydrogen) atoms. The molecular formula is C17H19FN2O2S. The zero-order valence-corrected chi connectivity index (χ0v) is 13.8. The van der Waals surface area contributed by atoms with Crippen LogP contribution in [0.2, 0.25) is 0 Å². The maximum Gasteiger partial charge on any atom is 0.211 e. The minimum atomic E-state index is -3.24. The second-order valence-corrected chi connectivity index (χ2v) is 7.79. The second kappa shape index (κ2) is 6.37. The summed E-state index contributed by atoms with van der Waals surface area (Å²) < 4.78 is 39.1. The molecule has 122 valence electrons. The highest BCUT2D eigenvalue weighted by atomic mass is 32.2. The number of hydrogen-bond donors (Lipinski definition) is 0. The standard InChI is InChI=1S/C17H19FN2O2S/c1-23(21,22)20-11-5-10-17(20)16-9-4-7-14(19-16)12-13-6-2-3-8-15(13)18/h2-4,6-9,17H,5,10-12H2,1H3/t17-/m1/s1. The quantitative estimate of drug-likeness (QED) is 0.864. The fraction of sp³-hybridized carbons (Fsp3) is 0.353. The van der Waals surface area contributed by atoms with Crippen molar-refractivity contribution >= 4 is 10.0 Å². The predicted molar refractivity (Wildman–Crippen MR) is 87.0 cm³/mol. The Hall–Kier alpha value is -1.79. The highest BCUT2D eigenvalue weighted by Crippen LogP contribution is 2.32. The Balaban J connectivity index is 1.87. The van der Waals surface area contributed by atoms with Gasteiger partial charge in [0.2, 0.25) is 10.0 Å². The van der Waals surface area contributed by atoms with E-state index in [0.29, 0.717) is 18.5 Å². The van der Waals surface area contributed by atoms with E-state index in [1.807, 2.05) is 18.2 Å². The number of pyridine rings is 1. The van der Waals surface area contributed by atoms with E-state index in [9.17, 15) is 12.8 Å². The Morgan fingerprint density at radius 2 is 2.00 bits per heavy atom. The summed E-state index contributed by atoms with van der Waals surface area (Å²) in [4.78, 5) is 4.58. The zero-order chi connectivity index (χ0) is 16.4. The van der Waals surface area contributed by atoms with Gasteiger partial charge >= 0.3 is 0 Å². The van der Waals surface area contributed by atoms with Crippen LogP contribution in [-0.4, -0.2) is 30.5 Å². The normalized spacial score (nSPS) is 19.1. The van der Waals surface area contributed by atoms with Crippen LogP contribution in [0.15, 0.2) is 42.5 Å². The van der Waals surface area contributed by atoms with Gasteiger partial charge in [-0.1, -0.05) is 24.3 Å². The molecule has 4 nitrogen and oxygen atoms in total. The number of sulfonamides is 1. The Morgan fingerprint density at radius 3 is 2.74 bits per heavy atom. The molecule has 0 bridgehead atoms. The molecule has 2 aromatic rings. The van der Waals surface area contributed by atoms with Crippen LogP contribution >= 0.6 is 0 Å². The number of halogens is 1. The third kappa shape index (κ3) is 3.59. The zero-order valence-electron chi connectivity index (χ0n) is 12.9. The van der Waals surface area contributed by atoms with Crippen LogP contribution in [-0.2, 0) is 16.4 Å². The molecule has 2 heterocycles. The smallest absolute Gasteiger partial charge is 0.211 e. The van der Waals surface area contributed by atoms with Gasteiger partial charge in [0.15, 0.2) is 0 Å². The van der Waals surface area contributed by atoms with Crippen LogP contribution in [0.5, 0.6) is 0 Å². The van der Waals surface area contributed by atoms with Crippen molar-refractivity contribution < 1.29 is 12.8 Å². The highest BCUT2D eigenvalue weighted by Gasteiger charge is 2.33. The molecule has 0 spiro atoms. The molecular weight excluding hydrogens is 315 g/mol. The molecule has 0 N–H and O–H groups in total. The summed E-state index contributed by atoms with van der Waals surface area (Å²) in [7, 11) is -3.24. The van der Waals surface area contributed by atoms with E-state index >= 15 is 0 Å². The summed E-state index contributed by atoms with van der Waals surface area (Å²) in [6.07, 6.45) is 3.22. The van der Waals surface area contributed by atoms with Crippen molar-refractivity contribution in [1.82, 2.24) is 9.29 Å². The molecule has 6 heteroatoms. The van der Waals surface area contributed by atoms with Crippen LogP contribution in [0.3, 0.4) is 0 Å². The largest absolute Gasteiger partial charge is 0.256 e. The molecule has 1 atom stereocenters. The molecule has 1 aliphatic rings. The number of nitrogens with zero attached hydrogens (tertiary/aromatic N) is 2. The lowest BCUT2D eigenvalue weighted by Crippen LogP contribution is -2.30. The number of benzene rings is 1. The van der Waals surface area contributed by atoms with Gasteiger partial charge in [-0.25, -0.2) is 12.8 Å². The third-order valence-corrected chi connectivity index (χ3v) is 5.42. The first kappa shape index (κ1) is 16.1. The summed E-state index contributed by atoms with van der Waals surface area (Å²) in [6.45, 7) is 0.530. The van der Waals surface area contributed by atoms with Gasteiger partial charge in [-0.05, 0) is 36.6 Å². The van der Waals surface area contributed by atoms with Crippen LogP contribution in [0.4, 0.5) is 4.39 Å². The van der Waals surface area contributed by atoms with E-state index in [-0.39, 0.29) is 11.9 Å². The van der Waals surface area contributed by atoms with E-state index in [1.54, 1.807) is 18.2 Å². The third-order valence-electron chi connectivity index (χ3n) is 4.13. The molecule has 1 aromatic carbocycles. The van der Waals surface area contributed by atoms with Crippen molar-refractivity contribution in [2.45, 2.75) is 25.3 Å². The fourth-order valence-corrected chi connectivity index (χ4v) is 4.19. The van der Waals surface area contributed by atoms with Gasteiger partial charge < -0.3 is 0 Å². The van der Waals surface area contributed by atoms with Gasteiger partial charge in [-0.3, -0.25) is 4.98 Å². The average molecular weight is 334 g/mol. The fourth-order valence-electron chi connectivity index (χ4n) is 3.05. The van der Waals surface area contributed by atoms with Gasteiger partial charge in [0.1, 0.15) is 5.82 Å². The van der Waals surface area contributed by atoms with Gasteiger partial charge in [0, 0.05) is 18.7 Å². The molecule has 1 aliphatic heterocycles. The maximum absolute atomic E-state index is 13.8. The first-order valence-electron chi connectivity index (χ1n) is 7.61. The van der Waals surface area contributed by atoms with Crippen LogP contribution in [0, 0.1) is 5.82 Å². The molecule has 3 rings (SSSR count). The lowest BCUT2D eigenvalue weighted by molar-refractivity contribution is 0.393. The van der Waals surface area contributed by atoms with Gasteiger partial charge in [-0.15, -0.1) is 0 Å². The van der Waals surface area contributed by atoms with Crippen LogP contribution < -0.4 is 0 Å². The molecule has 1 aromatic heterocycles. The van der Waals surface area contributed by atoms with Crippen molar-refractivity contribution in [3.63, 3.8) is 0 Å². The van der Waals surface area contributed by atoms with Crippen molar-refractivity contribution in [3.05, 3.63) is 65.2 Å². The summed E-state index contributed by atoms with van der Waals surface area (Å²) in [6, 6.07) is 12.0.